The Labute approximate surface area is 163 Å². The van der Waals surface area contributed by atoms with E-state index in [1.54, 1.807) is 4.90 Å². The summed E-state index contributed by atoms with van der Waals surface area (Å²) in [5.41, 5.74) is 4.43. The van der Waals surface area contributed by atoms with Gasteiger partial charge < -0.3 is 15.2 Å². The Morgan fingerprint density at radius 2 is 1.86 bits per heavy atom. The summed E-state index contributed by atoms with van der Waals surface area (Å²) in [5, 5.41) is 4.47. The summed E-state index contributed by atoms with van der Waals surface area (Å²) in [6, 6.07) is 17.9. The predicted molar refractivity (Wildman–Crippen MR) is 109 cm³/mol. The van der Waals surface area contributed by atoms with Crippen LogP contribution in [0.25, 0.3) is 10.9 Å². The first-order valence-electron chi connectivity index (χ1n) is 9.96. The molecule has 5 nitrogen and oxygen atoms in total. The number of carbonyl (C=O) groups excluding carboxylic acids is 2. The van der Waals surface area contributed by atoms with Crippen molar-refractivity contribution in [1.82, 2.24) is 10.3 Å². The minimum absolute atomic E-state index is 0.00970. The number of hydrogen-bond donors (Lipinski definition) is 2. The molecular weight excluding hydrogens is 350 g/mol. The van der Waals surface area contributed by atoms with Gasteiger partial charge in [-0.1, -0.05) is 36.4 Å². The van der Waals surface area contributed by atoms with Crippen LogP contribution in [0.4, 0.5) is 5.69 Å². The van der Waals surface area contributed by atoms with Gasteiger partial charge in [-0.15, -0.1) is 0 Å². The van der Waals surface area contributed by atoms with Crippen LogP contribution in [0.15, 0.2) is 54.6 Å². The highest BCUT2D eigenvalue weighted by molar-refractivity contribution is 6.00. The quantitative estimate of drug-likeness (QED) is 0.735. The summed E-state index contributed by atoms with van der Waals surface area (Å²) < 4.78 is 0. The van der Waals surface area contributed by atoms with Gasteiger partial charge in [0.05, 0.1) is 12.0 Å². The zero-order valence-corrected chi connectivity index (χ0v) is 15.7. The van der Waals surface area contributed by atoms with Crippen LogP contribution in [-0.4, -0.2) is 23.3 Å². The van der Waals surface area contributed by atoms with Crippen molar-refractivity contribution in [3.05, 3.63) is 65.9 Å². The van der Waals surface area contributed by atoms with Crippen LogP contribution in [0.2, 0.25) is 0 Å². The molecule has 1 saturated heterocycles. The van der Waals surface area contributed by atoms with E-state index in [0.29, 0.717) is 6.54 Å². The molecular formula is C23H23N3O2. The number of H-pyrrole nitrogens is 1. The Bertz CT molecular complexity index is 1040. The molecule has 0 bridgehead atoms. The monoisotopic (exact) mass is 373 g/mol. The fraction of sp³-hybridized carbons (Fsp3) is 0.304. The Morgan fingerprint density at radius 3 is 2.71 bits per heavy atom. The van der Waals surface area contributed by atoms with E-state index in [0.717, 1.165) is 36.2 Å². The minimum atomic E-state index is -0.303. The highest BCUT2D eigenvalue weighted by Crippen LogP contribution is 2.35. The fourth-order valence-electron chi connectivity index (χ4n) is 4.59. The lowest BCUT2D eigenvalue weighted by atomic mass is 9.91. The fourth-order valence-corrected chi connectivity index (χ4v) is 4.59. The smallest absolute Gasteiger partial charge is 0.227 e. The highest BCUT2D eigenvalue weighted by Gasteiger charge is 2.36. The lowest BCUT2D eigenvalue weighted by molar-refractivity contribution is -0.127. The number of aryl methyl sites for hydroxylation is 1. The molecule has 1 aliphatic carbocycles. The lowest BCUT2D eigenvalue weighted by Crippen LogP contribution is -2.37. The Kier molecular flexibility index (Phi) is 4.15. The average molecular weight is 373 g/mol. The van der Waals surface area contributed by atoms with E-state index in [1.165, 1.54) is 10.9 Å². The molecule has 5 rings (SSSR count). The van der Waals surface area contributed by atoms with Crippen molar-refractivity contribution in [2.45, 2.75) is 31.7 Å². The second-order valence-electron chi connectivity index (χ2n) is 7.76. The van der Waals surface area contributed by atoms with Crippen LogP contribution in [0, 0.1) is 5.92 Å². The summed E-state index contributed by atoms with van der Waals surface area (Å²) in [7, 11) is 0. The van der Waals surface area contributed by atoms with Crippen molar-refractivity contribution < 1.29 is 9.59 Å². The topological polar surface area (TPSA) is 65.2 Å². The van der Waals surface area contributed by atoms with Gasteiger partial charge in [0.25, 0.3) is 0 Å². The number of hydrogen-bond acceptors (Lipinski definition) is 2. The van der Waals surface area contributed by atoms with Gasteiger partial charge in [0.15, 0.2) is 0 Å². The van der Waals surface area contributed by atoms with Crippen molar-refractivity contribution in [2.24, 2.45) is 5.92 Å². The minimum Gasteiger partial charge on any atom is -0.356 e. The maximum Gasteiger partial charge on any atom is 0.227 e. The van der Waals surface area contributed by atoms with E-state index in [-0.39, 0.29) is 30.2 Å². The Balaban J connectivity index is 1.34. The molecule has 0 unspecified atom stereocenters. The largest absolute Gasteiger partial charge is 0.356 e. The molecule has 1 aromatic heterocycles. The summed E-state index contributed by atoms with van der Waals surface area (Å²) in [6.07, 6.45) is 3.29. The number of amides is 2. The van der Waals surface area contributed by atoms with Crippen LogP contribution in [0.3, 0.4) is 0 Å². The number of carbonyl (C=O) groups is 2. The van der Waals surface area contributed by atoms with Crippen molar-refractivity contribution in [3.63, 3.8) is 0 Å². The number of aromatic amines is 1. The van der Waals surface area contributed by atoms with Gasteiger partial charge in [0.1, 0.15) is 0 Å². The predicted octanol–water partition coefficient (Wildman–Crippen LogP) is 3.71. The molecule has 0 radical (unpaired) electrons. The van der Waals surface area contributed by atoms with Gasteiger partial charge in [0, 0.05) is 35.2 Å². The van der Waals surface area contributed by atoms with Crippen molar-refractivity contribution in [1.29, 1.82) is 0 Å². The number of fused-ring (bicyclic) bond motifs is 3. The third kappa shape index (κ3) is 2.87. The first kappa shape index (κ1) is 17.0. The van der Waals surface area contributed by atoms with Crippen LogP contribution in [-0.2, 0) is 16.0 Å². The third-order valence-electron chi connectivity index (χ3n) is 5.99. The summed E-state index contributed by atoms with van der Waals surface area (Å²) >= 11 is 0. The Morgan fingerprint density at radius 1 is 1.07 bits per heavy atom. The van der Waals surface area contributed by atoms with Crippen molar-refractivity contribution in [3.8, 4) is 0 Å². The highest BCUT2D eigenvalue weighted by atomic mass is 16.2. The molecule has 28 heavy (non-hydrogen) atoms. The SMILES string of the molecule is O=C(N[C@@H]1CCCc2c1[nH]c1ccccc21)[C@@H]1CC(=O)N(c2ccccc2)C1. The van der Waals surface area contributed by atoms with Gasteiger partial charge in [-0.2, -0.15) is 0 Å². The van der Waals surface area contributed by atoms with E-state index in [2.05, 4.69) is 28.5 Å². The number of rotatable bonds is 3. The molecule has 2 aromatic carbocycles. The Hall–Kier alpha value is -3.08. The average Bonchev–Trinajstić information content (AvgIpc) is 3.30. The number of aromatic nitrogens is 1. The van der Waals surface area contributed by atoms with Crippen LogP contribution in [0.1, 0.15) is 36.6 Å². The lowest BCUT2D eigenvalue weighted by Gasteiger charge is -2.25. The van der Waals surface area contributed by atoms with Gasteiger partial charge >= 0.3 is 0 Å². The summed E-state index contributed by atoms with van der Waals surface area (Å²) in [5.74, 6) is -0.313. The zero-order chi connectivity index (χ0) is 19.1. The molecule has 2 atom stereocenters. The molecule has 3 aromatic rings. The maximum atomic E-state index is 13.0. The first-order chi connectivity index (χ1) is 13.7. The molecule has 2 N–H and O–H groups in total. The number of benzene rings is 2. The maximum absolute atomic E-state index is 13.0. The first-order valence-corrected chi connectivity index (χ1v) is 9.96. The second kappa shape index (κ2) is 6.82. The third-order valence-corrected chi connectivity index (χ3v) is 5.99. The molecule has 0 spiro atoms. The van der Waals surface area contributed by atoms with E-state index in [4.69, 9.17) is 0 Å². The van der Waals surface area contributed by atoms with Crippen molar-refractivity contribution in [2.75, 3.05) is 11.4 Å². The van der Waals surface area contributed by atoms with E-state index < -0.39 is 0 Å². The number of anilines is 1. The molecule has 2 heterocycles. The normalized spacial score (nSPS) is 21.7. The summed E-state index contributed by atoms with van der Waals surface area (Å²) in [6.45, 7) is 0.445. The number of nitrogens with zero attached hydrogens (tertiary/aromatic N) is 1. The molecule has 2 aliphatic rings. The van der Waals surface area contributed by atoms with Crippen molar-refractivity contribution >= 4 is 28.4 Å². The van der Waals surface area contributed by atoms with Crippen LogP contribution < -0.4 is 10.2 Å². The second-order valence-corrected chi connectivity index (χ2v) is 7.76. The molecule has 142 valence electrons. The van der Waals surface area contributed by atoms with E-state index in [9.17, 15) is 9.59 Å². The van der Waals surface area contributed by atoms with Gasteiger partial charge in [0.2, 0.25) is 11.8 Å². The number of nitrogens with one attached hydrogen (secondary N) is 2. The number of para-hydroxylation sites is 2. The van der Waals surface area contributed by atoms with E-state index in [1.807, 2.05) is 36.4 Å². The molecule has 0 saturated carbocycles. The van der Waals surface area contributed by atoms with Gasteiger partial charge in [-0.25, -0.2) is 0 Å². The molecule has 2 amide bonds. The van der Waals surface area contributed by atoms with Gasteiger partial charge in [-0.05, 0) is 43.0 Å². The summed E-state index contributed by atoms with van der Waals surface area (Å²) in [4.78, 5) is 30.6. The van der Waals surface area contributed by atoms with Crippen LogP contribution in [0.5, 0.6) is 0 Å². The molecule has 5 heteroatoms. The zero-order valence-electron chi connectivity index (χ0n) is 15.7. The standard InChI is InChI=1S/C23H23N3O2/c27-21-13-15(14-26(21)16-7-2-1-3-8-16)23(28)25-20-12-6-10-18-17-9-4-5-11-19(17)24-22(18)20/h1-5,7-9,11,15,20,24H,6,10,12-14H2,(H,25,28)/t15-,20-/m1/s1. The van der Waals surface area contributed by atoms with Gasteiger partial charge in [-0.3, -0.25) is 9.59 Å². The van der Waals surface area contributed by atoms with E-state index >= 15 is 0 Å². The molecule has 1 aliphatic heterocycles. The molecule has 1 fully saturated rings. The van der Waals surface area contributed by atoms with Crippen LogP contribution >= 0.6 is 0 Å².